The molecule has 3 heteroatoms. The fraction of sp³-hybridized carbons (Fsp3) is 0.0909. The predicted molar refractivity (Wildman–Crippen MR) is 58.8 cm³/mol. The van der Waals surface area contributed by atoms with Gasteiger partial charge in [0.15, 0.2) is 0 Å². The van der Waals surface area contributed by atoms with E-state index in [-0.39, 0.29) is 0 Å². The van der Waals surface area contributed by atoms with Crippen LogP contribution in [0.15, 0.2) is 34.9 Å². The molecule has 14 heavy (non-hydrogen) atoms. The third kappa shape index (κ3) is 1.21. The Balaban J connectivity index is 2.35. The molecule has 0 radical (unpaired) electrons. The Hall–Kier alpha value is -1.35. The first-order valence-electron chi connectivity index (χ1n) is 4.48. The highest BCUT2D eigenvalue weighted by atomic mass is 32.2. The third-order valence-electron chi connectivity index (χ3n) is 2.31. The maximum Gasteiger partial charge on any atom is 0.0930 e. The molecule has 0 unspecified atom stereocenters. The van der Waals surface area contributed by atoms with E-state index < -0.39 is 0 Å². The van der Waals surface area contributed by atoms with Crippen LogP contribution in [-0.2, 0) is 0 Å². The van der Waals surface area contributed by atoms with E-state index in [1.807, 2.05) is 23.9 Å². The molecule has 0 aromatic carbocycles. The quantitative estimate of drug-likeness (QED) is 0.613. The Kier molecular flexibility index (Phi) is 1.77. The van der Waals surface area contributed by atoms with Crippen molar-refractivity contribution in [1.82, 2.24) is 10.2 Å². The second kappa shape index (κ2) is 3.10. The molecule has 0 spiro atoms. The summed E-state index contributed by atoms with van der Waals surface area (Å²) >= 11 is 1.87. The Labute approximate surface area is 85.7 Å². The normalized spacial score (nSPS) is 18.0. The molecule has 0 saturated carbocycles. The van der Waals surface area contributed by atoms with E-state index in [4.69, 9.17) is 0 Å². The summed E-state index contributed by atoms with van der Waals surface area (Å²) in [6, 6.07) is 2.00. The summed E-state index contributed by atoms with van der Waals surface area (Å²) in [4.78, 5) is 1.34. The molecule has 2 heterocycles. The van der Waals surface area contributed by atoms with Gasteiger partial charge in [-0.05, 0) is 29.9 Å². The summed E-state index contributed by atoms with van der Waals surface area (Å²) in [5, 5.41) is 10.1. The second-order valence-electron chi connectivity index (χ2n) is 3.18. The molecule has 0 fully saturated rings. The number of nitrogens with zero attached hydrogens (tertiary/aromatic N) is 2. The van der Waals surface area contributed by atoms with Gasteiger partial charge in [-0.15, -0.1) is 11.8 Å². The van der Waals surface area contributed by atoms with Crippen LogP contribution in [-0.4, -0.2) is 16.0 Å². The van der Waals surface area contributed by atoms with Crippen molar-refractivity contribution in [3.63, 3.8) is 0 Å². The van der Waals surface area contributed by atoms with Gasteiger partial charge < -0.3 is 0 Å². The zero-order valence-electron chi connectivity index (χ0n) is 7.47. The number of allylic oxidation sites excluding steroid dienone is 2. The minimum absolute atomic E-state index is 0.955. The van der Waals surface area contributed by atoms with E-state index in [1.54, 1.807) is 6.20 Å². The Morgan fingerprint density at radius 3 is 3.29 bits per heavy atom. The van der Waals surface area contributed by atoms with Crippen LogP contribution in [0.2, 0.25) is 0 Å². The number of hydrogen-bond acceptors (Lipinski definition) is 3. The molecular weight excluding hydrogens is 192 g/mol. The zero-order valence-corrected chi connectivity index (χ0v) is 8.29. The SMILES string of the molecule is C1=C2C=c3ccnnc3=CC=C2SC1. The summed E-state index contributed by atoms with van der Waals surface area (Å²) in [6.45, 7) is 0. The summed E-state index contributed by atoms with van der Waals surface area (Å²) in [7, 11) is 0. The van der Waals surface area contributed by atoms with Crippen LogP contribution in [0.4, 0.5) is 0 Å². The Morgan fingerprint density at radius 2 is 2.29 bits per heavy atom. The first kappa shape index (κ1) is 8.00. The fourth-order valence-corrected chi connectivity index (χ4v) is 2.52. The first-order chi connectivity index (χ1) is 6.93. The van der Waals surface area contributed by atoms with Gasteiger partial charge >= 0.3 is 0 Å². The van der Waals surface area contributed by atoms with Gasteiger partial charge in [-0.1, -0.05) is 6.08 Å². The van der Waals surface area contributed by atoms with Crippen molar-refractivity contribution < 1.29 is 0 Å². The van der Waals surface area contributed by atoms with Gasteiger partial charge in [-0.2, -0.15) is 10.2 Å². The summed E-state index contributed by atoms with van der Waals surface area (Å²) < 4.78 is 0. The van der Waals surface area contributed by atoms with Crippen molar-refractivity contribution in [2.45, 2.75) is 0 Å². The molecule has 0 saturated heterocycles. The lowest BCUT2D eigenvalue weighted by Crippen LogP contribution is -2.28. The third-order valence-corrected chi connectivity index (χ3v) is 3.33. The maximum absolute atomic E-state index is 4.09. The van der Waals surface area contributed by atoms with Crippen molar-refractivity contribution in [3.05, 3.63) is 45.5 Å². The van der Waals surface area contributed by atoms with Crippen LogP contribution in [0.1, 0.15) is 0 Å². The Morgan fingerprint density at radius 1 is 1.29 bits per heavy atom. The molecule has 1 aliphatic heterocycles. The number of fused-ring (bicyclic) bond motifs is 2. The molecule has 1 aromatic heterocycles. The molecule has 2 aliphatic rings. The molecule has 0 amide bonds. The van der Waals surface area contributed by atoms with E-state index in [9.17, 15) is 0 Å². The minimum atomic E-state index is 0.955. The average Bonchev–Trinajstić information content (AvgIpc) is 2.58. The van der Waals surface area contributed by atoms with E-state index in [1.165, 1.54) is 10.5 Å². The number of hydrogen-bond donors (Lipinski definition) is 0. The van der Waals surface area contributed by atoms with Crippen molar-refractivity contribution in [2.24, 2.45) is 0 Å². The molecule has 2 nitrogen and oxygen atoms in total. The van der Waals surface area contributed by atoms with Crippen molar-refractivity contribution in [3.8, 4) is 0 Å². The summed E-state index contributed by atoms with van der Waals surface area (Å²) in [6.07, 6.45) is 10.3. The maximum atomic E-state index is 4.09. The van der Waals surface area contributed by atoms with Crippen LogP contribution >= 0.6 is 11.8 Å². The van der Waals surface area contributed by atoms with Crippen LogP contribution in [0.3, 0.4) is 0 Å². The highest BCUT2D eigenvalue weighted by Gasteiger charge is 2.10. The summed E-state index contributed by atoms with van der Waals surface area (Å²) in [5.74, 6) is 1.08. The van der Waals surface area contributed by atoms with Gasteiger partial charge in [0, 0.05) is 15.9 Å². The average molecular weight is 200 g/mol. The first-order valence-corrected chi connectivity index (χ1v) is 5.47. The number of aromatic nitrogens is 2. The largest absolute Gasteiger partial charge is 0.159 e. The number of thioether (sulfide) groups is 1. The van der Waals surface area contributed by atoms with E-state index >= 15 is 0 Å². The topological polar surface area (TPSA) is 25.8 Å². The lowest BCUT2D eigenvalue weighted by atomic mass is 10.2. The standard InChI is InChI=1S/C11H8N2S/c1-2-11-9(4-6-14-11)7-8-3-5-12-13-10(1)8/h1-5,7H,6H2. The molecule has 1 aliphatic carbocycles. The van der Waals surface area contributed by atoms with Gasteiger partial charge in [0.25, 0.3) is 0 Å². The zero-order chi connectivity index (χ0) is 9.38. The van der Waals surface area contributed by atoms with Gasteiger partial charge in [0.05, 0.1) is 11.5 Å². The highest BCUT2D eigenvalue weighted by Crippen LogP contribution is 2.32. The van der Waals surface area contributed by atoms with Crippen molar-refractivity contribution >= 4 is 23.9 Å². The van der Waals surface area contributed by atoms with Gasteiger partial charge in [-0.3, -0.25) is 0 Å². The molecule has 3 rings (SSSR count). The highest BCUT2D eigenvalue weighted by molar-refractivity contribution is 8.03. The molecule has 0 N–H and O–H groups in total. The van der Waals surface area contributed by atoms with Crippen LogP contribution in [0, 0.1) is 0 Å². The predicted octanol–water partition coefficient (Wildman–Crippen LogP) is 0.608. The van der Waals surface area contributed by atoms with E-state index in [0.717, 1.165) is 16.3 Å². The second-order valence-corrected chi connectivity index (χ2v) is 4.25. The van der Waals surface area contributed by atoms with Crippen LogP contribution in [0.5, 0.6) is 0 Å². The summed E-state index contributed by atoms with van der Waals surface area (Å²) in [5.41, 5.74) is 1.32. The van der Waals surface area contributed by atoms with Gasteiger partial charge in [0.2, 0.25) is 0 Å². The van der Waals surface area contributed by atoms with Crippen molar-refractivity contribution in [1.29, 1.82) is 0 Å². The smallest absolute Gasteiger partial charge is 0.0930 e. The fourth-order valence-electron chi connectivity index (χ4n) is 1.61. The molecule has 1 aromatic rings. The number of rotatable bonds is 0. The lowest BCUT2D eigenvalue weighted by Gasteiger charge is -1.94. The van der Waals surface area contributed by atoms with E-state index in [0.29, 0.717) is 0 Å². The molecule has 68 valence electrons. The van der Waals surface area contributed by atoms with Gasteiger partial charge in [0.1, 0.15) is 0 Å². The Bertz CT molecular complexity index is 555. The molecule has 0 atom stereocenters. The van der Waals surface area contributed by atoms with Crippen LogP contribution < -0.4 is 10.6 Å². The monoisotopic (exact) mass is 200 g/mol. The van der Waals surface area contributed by atoms with E-state index in [2.05, 4.69) is 28.4 Å². The molecular formula is C11H8N2S. The minimum Gasteiger partial charge on any atom is -0.159 e. The lowest BCUT2D eigenvalue weighted by molar-refractivity contribution is 0.982. The van der Waals surface area contributed by atoms with Crippen molar-refractivity contribution in [2.75, 3.05) is 5.75 Å². The molecule has 0 bridgehead atoms. The van der Waals surface area contributed by atoms with Crippen LogP contribution in [0.25, 0.3) is 12.2 Å². The van der Waals surface area contributed by atoms with Gasteiger partial charge in [-0.25, -0.2) is 0 Å².